The molecule has 3 heteroatoms. The van der Waals surface area contributed by atoms with Crippen molar-refractivity contribution in [1.82, 2.24) is 0 Å². The van der Waals surface area contributed by atoms with Gasteiger partial charge in [0.25, 0.3) is 0 Å². The van der Waals surface area contributed by atoms with Gasteiger partial charge in [-0.1, -0.05) is 32.9 Å². The van der Waals surface area contributed by atoms with Crippen molar-refractivity contribution in [3.05, 3.63) is 57.5 Å². The number of halogens is 1. The van der Waals surface area contributed by atoms with Gasteiger partial charge in [-0.2, -0.15) is 0 Å². The van der Waals surface area contributed by atoms with Gasteiger partial charge in [-0.3, -0.25) is 0 Å². The van der Waals surface area contributed by atoms with Crippen LogP contribution in [0.3, 0.4) is 0 Å². The van der Waals surface area contributed by atoms with Crippen LogP contribution >= 0.6 is 11.3 Å². The van der Waals surface area contributed by atoms with Crippen LogP contribution in [-0.2, 0) is 11.8 Å². The highest BCUT2D eigenvalue weighted by atomic mass is 32.1. The number of rotatable bonds is 3. The van der Waals surface area contributed by atoms with Crippen molar-refractivity contribution in [1.29, 1.82) is 0 Å². The molecule has 19 heavy (non-hydrogen) atoms. The Hall–Kier alpha value is -1.19. The van der Waals surface area contributed by atoms with Gasteiger partial charge in [0.1, 0.15) is 5.82 Å². The summed E-state index contributed by atoms with van der Waals surface area (Å²) in [6.45, 7) is 6.46. The summed E-state index contributed by atoms with van der Waals surface area (Å²) in [6, 6.07) is 10.4. The summed E-state index contributed by atoms with van der Waals surface area (Å²) in [7, 11) is 0. The van der Waals surface area contributed by atoms with Crippen molar-refractivity contribution in [2.75, 3.05) is 0 Å². The van der Waals surface area contributed by atoms with Gasteiger partial charge < -0.3 is 5.11 Å². The van der Waals surface area contributed by atoms with Crippen LogP contribution in [0.4, 0.5) is 4.39 Å². The highest BCUT2D eigenvalue weighted by Crippen LogP contribution is 2.33. The number of aliphatic hydroxyl groups is 1. The van der Waals surface area contributed by atoms with Crippen LogP contribution in [0.25, 0.3) is 0 Å². The number of thiophene rings is 1. The monoisotopic (exact) mass is 278 g/mol. The Balaban J connectivity index is 2.12. The molecule has 0 radical (unpaired) electrons. The van der Waals surface area contributed by atoms with Crippen LogP contribution in [0, 0.1) is 5.82 Å². The molecule has 1 N–H and O–H groups in total. The van der Waals surface area contributed by atoms with E-state index in [0.717, 1.165) is 10.4 Å². The average Bonchev–Trinajstić information content (AvgIpc) is 2.77. The Morgan fingerprint density at radius 3 is 2.53 bits per heavy atom. The predicted molar refractivity (Wildman–Crippen MR) is 78.1 cm³/mol. The third-order valence-electron chi connectivity index (χ3n) is 3.01. The maximum absolute atomic E-state index is 13.1. The van der Waals surface area contributed by atoms with Gasteiger partial charge in [0, 0.05) is 16.2 Å². The van der Waals surface area contributed by atoms with Crippen molar-refractivity contribution in [2.45, 2.75) is 38.7 Å². The van der Waals surface area contributed by atoms with E-state index in [2.05, 4.69) is 26.8 Å². The lowest BCUT2D eigenvalue weighted by Gasteiger charge is -2.15. The van der Waals surface area contributed by atoms with E-state index in [-0.39, 0.29) is 11.2 Å². The first kappa shape index (κ1) is 14.2. The molecule has 0 aliphatic carbocycles. The smallest absolute Gasteiger partial charge is 0.123 e. The van der Waals surface area contributed by atoms with Gasteiger partial charge in [0.2, 0.25) is 0 Å². The lowest BCUT2D eigenvalue weighted by molar-refractivity contribution is 0.182. The summed E-state index contributed by atoms with van der Waals surface area (Å²) in [6.07, 6.45) is -0.120. The van der Waals surface area contributed by atoms with E-state index in [1.54, 1.807) is 17.4 Å². The van der Waals surface area contributed by atoms with Crippen LogP contribution in [0.1, 0.15) is 42.2 Å². The SMILES string of the molecule is CC(C)(C)c1ccc(C(O)Cc2cccc(F)c2)s1. The van der Waals surface area contributed by atoms with E-state index in [1.807, 2.05) is 12.1 Å². The molecule has 1 aromatic carbocycles. The first-order chi connectivity index (χ1) is 8.86. The number of aliphatic hydroxyl groups excluding tert-OH is 1. The lowest BCUT2D eigenvalue weighted by atomic mass is 9.95. The van der Waals surface area contributed by atoms with Crippen LogP contribution in [0.2, 0.25) is 0 Å². The molecule has 0 saturated carbocycles. The van der Waals surface area contributed by atoms with E-state index in [0.29, 0.717) is 6.42 Å². The molecule has 1 unspecified atom stereocenters. The molecule has 1 atom stereocenters. The van der Waals surface area contributed by atoms with Gasteiger partial charge in [-0.25, -0.2) is 4.39 Å². The maximum atomic E-state index is 13.1. The van der Waals surface area contributed by atoms with Crippen LogP contribution in [0.5, 0.6) is 0 Å². The fourth-order valence-corrected chi connectivity index (χ4v) is 2.97. The Labute approximate surface area is 117 Å². The molecule has 2 aromatic rings. The number of hydrogen-bond acceptors (Lipinski definition) is 2. The minimum atomic E-state index is -0.567. The maximum Gasteiger partial charge on any atom is 0.123 e. The normalized spacial score (nSPS) is 13.5. The molecule has 0 aliphatic heterocycles. The third-order valence-corrected chi connectivity index (χ3v) is 4.62. The van der Waals surface area contributed by atoms with Crippen molar-refractivity contribution >= 4 is 11.3 Å². The zero-order chi connectivity index (χ0) is 14.0. The molecular weight excluding hydrogens is 259 g/mol. The molecule has 102 valence electrons. The highest BCUT2D eigenvalue weighted by Gasteiger charge is 2.19. The van der Waals surface area contributed by atoms with Crippen molar-refractivity contribution < 1.29 is 9.50 Å². The van der Waals surface area contributed by atoms with Gasteiger partial charge in [0.15, 0.2) is 0 Å². The van der Waals surface area contributed by atoms with Crippen LogP contribution < -0.4 is 0 Å². The van der Waals surface area contributed by atoms with E-state index in [1.165, 1.54) is 17.0 Å². The molecule has 1 heterocycles. The Bertz CT molecular complexity index is 554. The first-order valence-electron chi connectivity index (χ1n) is 6.39. The van der Waals surface area contributed by atoms with Crippen molar-refractivity contribution in [3.63, 3.8) is 0 Å². The average molecular weight is 278 g/mol. The fourth-order valence-electron chi connectivity index (χ4n) is 1.92. The van der Waals surface area contributed by atoms with E-state index < -0.39 is 6.10 Å². The summed E-state index contributed by atoms with van der Waals surface area (Å²) in [5.41, 5.74) is 0.916. The Morgan fingerprint density at radius 2 is 1.95 bits per heavy atom. The summed E-state index contributed by atoms with van der Waals surface area (Å²) in [5, 5.41) is 10.2. The minimum absolute atomic E-state index is 0.0987. The molecule has 0 aliphatic rings. The zero-order valence-electron chi connectivity index (χ0n) is 11.5. The molecule has 1 nitrogen and oxygen atoms in total. The molecule has 2 rings (SSSR count). The quantitative estimate of drug-likeness (QED) is 0.878. The number of benzene rings is 1. The first-order valence-corrected chi connectivity index (χ1v) is 7.20. The molecule has 1 aromatic heterocycles. The minimum Gasteiger partial charge on any atom is -0.387 e. The van der Waals surface area contributed by atoms with Gasteiger partial charge >= 0.3 is 0 Å². The van der Waals surface area contributed by atoms with Crippen molar-refractivity contribution in [3.8, 4) is 0 Å². The predicted octanol–water partition coefficient (Wildman–Crippen LogP) is 4.46. The van der Waals surface area contributed by atoms with Crippen LogP contribution in [0.15, 0.2) is 36.4 Å². The molecule has 0 fully saturated rings. The summed E-state index contributed by atoms with van der Waals surface area (Å²) in [4.78, 5) is 2.19. The number of hydrogen-bond donors (Lipinski definition) is 1. The third kappa shape index (κ3) is 3.64. The molecule has 0 bridgehead atoms. The summed E-state index contributed by atoms with van der Waals surface area (Å²) in [5.74, 6) is -0.258. The second-order valence-electron chi connectivity index (χ2n) is 5.80. The van der Waals surface area contributed by atoms with Crippen molar-refractivity contribution in [2.24, 2.45) is 0 Å². The lowest BCUT2D eigenvalue weighted by Crippen LogP contribution is -2.07. The molecule has 0 saturated heterocycles. The second-order valence-corrected chi connectivity index (χ2v) is 6.92. The van der Waals surface area contributed by atoms with E-state index in [9.17, 15) is 9.50 Å². The molecule has 0 spiro atoms. The summed E-state index contributed by atoms with van der Waals surface area (Å²) >= 11 is 1.63. The molecular formula is C16H19FOS. The fraction of sp³-hybridized carbons (Fsp3) is 0.375. The second kappa shape index (κ2) is 5.43. The largest absolute Gasteiger partial charge is 0.387 e. The topological polar surface area (TPSA) is 20.2 Å². The van der Waals surface area contributed by atoms with Crippen LogP contribution in [-0.4, -0.2) is 5.11 Å². The summed E-state index contributed by atoms with van der Waals surface area (Å²) < 4.78 is 13.1. The molecule has 0 amide bonds. The zero-order valence-corrected chi connectivity index (χ0v) is 12.3. The standard InChI is InChI=1S/C16H19FOS/c1-16(2,3)15-8-7-14(19-15)13(18)10-11-5-4-6-12(17)9-11/h4-9,13,18H,10H2,1-3H3. The van der Waals surface area contributed by atoms with Gasteiger partial charge in [-0.05, 0) is 35.2 Å². The Kier molecular flexibility index (Phi) is 4.07. The Morgan fingerprint density at radius 1 is 1.21 bits per heavy atom. The van der Waals surface area contributed by atoms with Gasteiger partial charge in [0.05, 0.1) is 6.10 Å². The van der Waals surface area contributed by atoms with Gasteiger partial charge in [-0.15, -0.1) is 11.3 Å². The van der Waals surface area contributed by atoms with E-state index in [4.69, 9.17) is 0 Å². The van der Waals surface area contributed by atoms with E-state index >= 15 is 0 Å². The highest BCUT2D eigenvalue weighted by molar-refractivity contribution is 7.12.